The number of methoxy groups -OCH3 is 1. The van der Waals surface area contributed by atoms with Crippen LogP contribution in [-0.2, 0) is 6.42 Å². The highest BCUT2D eigenvalue weighted by molar-refractivity contribution is 5.69. The lowest BCUT2D eigenvalue weighted by Crippen LogP contribution is -1.92. The smallest absolute Gasteiger partial charge is 0.292 e. The number of aryl methyl sites for hydroxylation is 1. The van der Waals surface area contributed by atoms with Crippen LogP contribution in [0.5, 0.6) is 5.75 Å². The molecule has 2 aromatic rings. The van der Waals surface area contributed by atoms with E-state index in [1.54, 1.807) is 6.07 Å². The highest BCUT2D eigenvalue weighted by Gasteiger charge is 2.16. The van der Waals surface area contributed by atoms with Crippen molar-refractivity contribution in [3.63, 3.8) is 0 Å². The predicted molar refractivity (Wildman–Crippen MR) is 62.2 cm³/mol. The second-order valence-electron chi connectivity index (χ2n) is 3.52. The van der Waals surface area contributed by atoms with Gasteiger partial charge in [-0.25, -0.2) is 4.39 Å². The van der Waals surface area contributed by atoms with Crippen LogP contribution in [0, 0.1) is 5.82 Å². The maximum Gasteiger partial charge on any atom is 0.292 e. The van der Waals surface area contributed by atoms with Crippen molar-refractivity contribution in [1.29, 1.82) is 0 Å². The van der Waals surface area contributed by atoms with Crippen LogP contribution in [0.1, 0.15) is 12.7 Å². The van der Waals surface area contributed by atoms with Crippen molar-refractivity contribution in [2.24, 2.45) is 0 Å². The lowest BCUT2D eigenvalue weighted by molar-refractivity contribution is 0.415. The van der Waals surface area contributed by atoms with Gasteiger partial charge in [-0.1, -0.05) is 6.92 Å². The summed E-state index contributed by atoms with van der Waals surface area (Å²) in [6.07, 6.45) is 0.624. The van der Waals surface area contributed by atoms with Gasteiger partial charge in [-0.15, -0.1) is 0 Å². The van der Waals surface area contributed by atoms with Gasteiger partial charge in [-0.3, -0.25) is 0 Å². The van der Waals surface area contributed by atoms with E-state index in [-0.39, 0.29) is 11.8 Å². The number of aromatic nitrogens is 1. The van der Waals surface area contributed by atoms with E-state index in [1.807, 2.05) is 6.92 Å². The Bertz CT molecular complexity index is 537. The molecule has 0 aliphatic heterocycles. The number of anilines is 1. The molecule has 4 nitrogen and oxygen atoms in total. The third kappa shape index (κ3) is 2.08. The van der Waals surface area contributed by atoms with Crippen LogP contribution in [-0.4, -0.2) is 12.1 Å². The summed E-state index contributed by atoms with van der Waals surface area (Å²) in [6.45, 7) is 1.91. The fraction of sp³-hybridized carbons (Fsp3) is 0.250. The Labute approximate surface area is 98.2 Å². The molecule has 0 spiro atoms. The summed E-state index contributed by atoms with van der Waals surface area (Å²) in [7, 11) is 1.52. The van der Waals surface area contributed by atoms with E-state index in [4.69, 9.17) is 14.9 Å². The van der Waals surface area contributed by atoms with E-state index in [1.165, 1.54) is 19.2 Å². The van der Waals surface area contributed by atoms with E-state index < -0.39 is 0 Å². The highest BCUT2D eigenvalue weighted by Crippen LogP contribution is 2.33. The van der Waals surface area contributed by atoms with Gasteiger partial charge in [0.1, 0.15) is 23.0 Å². The topological polar surface area (TPSA) is 61.3 Å². The van der Waals surface area contributed by atoms with Gasteiger partial charge < -0.3 is 14.9 Å². The van der Waals surface area contributed by atoms with Gasteiger partial charge in [-0.05, 0) is 18.2 Å². The maximum atomic E-state index is 13.3. The first-order chi connectivity index (χ1) is 8.15. The number of hydrogen-bond donors (Lipinski definition) is 1. The first-order valence-electron chi connectivity index (χ1n) is 5.24. The quantitative estimate of drug-likeness (QED) is 0.889. The van der Waals surface area contributed by atoms with E-state index in [2.05, 4.69) is 4.98 Å². The predicted octanol–water partition coefficient (Wildman–Crippen LogP) is 2.63. The Hall–Kier alpha value is -2.04. The van der Waals surface area contributed by atoms with Crippen LogP contribution in [0.2, 0.25) is 0 Å². The molecule has 0 bridgehead atoms. The van der Waals surface area contributed by atoms with Crippen molar-refractivity contribution in [2.45, 2.75) is 13.3 Å². The Morgan fingerprint density at radius 1 is 1.47 bits per heavy atom. The summed E-state index contributed by atoms with van der Waals surface area (Å²) < 4.78 is 23.7. The Morgan fingerprint density at radius 3 is 2.88 bits per heavy atom. The second-order valence-corrected chi connectivity index (χ2v) is 3.52. The lowest BCUT2D eigenvalue weighted by Gasteiger charge is -2.06. The fourth-order valence-corrected chi connectivity index (χ4v) is 1.69. The van der Waals surface area contributed by atoms with Crippen molar-refractivity contribution in [2.75, 3.05) is 12.8 Å². The first-order valence-corrected chi connectivity index (χ1v) is 5.24. The van der Waals surface area contributed by atoms with E-state index in [9.17, 15) is 4.39 Å². The third-order valence-electron chi connectivity index (χ3n) is 2.45. The number of oxazole rings is 1. The molecule has 0 aliphatic carbocycles. The molecule has 0 saturated carbocycles. The molecule has 90 valence electrons. The molecule has 1 aromatic heterocycles. The SMILES string of the molecule is CCc1oc(N)nc1-c1cc(F)ccc1OC. The van der Waals surface area contributed by atoms with Gasteiger partial charge >= 0.3 is 0 Å². The molecule has 1 aromatic carbocycles. The van der Waals surface area contributed by atoms with Gasteiger partial charge in [0.2, 0.25) is 0 Å². The molecule has 0 amide bonds. The Balaban J connectivity index is 2.61. The van der Waals surface area contributed by atoms with Crippen LogP contribution in [0.25, 0.3) is 11.3 Å². The van der Waals surface area contributed by atoms with Crippen LogP contribution < -0.4 is 10.5 Å². The Morgan fingerprint density at radius 2 is 2.24 bits per heavy atom. The molecule has 1 heterocycles. The zero-order chi connectivity index (χ0) is 12.4. The molecule has 5 heteroatoms. The van der Waals surface area contributed by atoms with Crippen LogP contribution in [0.3, 0.4) is 0 Å². The molecule has 0 radical (unpaired) electrons. The van der Waals surface area contributed by atoms with Crippen LogP contribution in [0.15, 0.2) is 22.6 Å². The van der Waals surface area contributed by atoms with E-state index in [0.717, 1.165) is 0 Å². The van der Waals surface area contributed by atoms with Gasteiger partial charge in [0.25, 0.3) is 6.01 Å². The maximum absolute atomic E-state index is 13.3. The van der Waals surface area contributed by atoms with Crippen molar-refractivity contribution >= 4 is 6.01 Å². The number of nitrogens with two attached hydrogens (primary N) is 1. The number of nitrogens with zero attached hydrogens (tertiary/aromatic N) is 1. The summed E-state index contributed by atoms with van der Waals surface area (Å²) in [4.78, 5) is 4.07. The van der Waals surface area contributed by atoms with E-state index >= 15 is 0 Å². The van der Waals surface area contributed by atoms with Crippen molar-refractivity contribution in [1.82, 2.24) is 4.98 Å². The average molecular weight is 236 g/mol. The highest BCUT2D eigenvalue weighted by atomic mass is 19.1. The van der Waals surface area contributed by atoms with Crippen LogP contribution in [0.4, 0.5) is 10.4 Å². The summed E-state index contributed by atoms with van der Waals surface area (Å²) in [5, 5.41) is 0. The molecular weight excluding hydrogens is 223 g/mol. The van der Waals surface area contributed by atoms with Crippen molar-refractivity contribution in [3.8, 4) is 17.0 Å². The lowest BCUT2D eigenvalue weighted by atomic mass is 10.1. The third-order valence-corrected chi connectivity index (χ3v) is 2.45. The number of halogens is 1. The van der Waals surface area contributed by atoms with E-state index in [0.29, 0.717) is 29.2 Å². The molecular formula is C12H13FN2O2. The fourth-order valence-electron chi connectivity index (χ4n) is 1.69. The zero-order valence-corrected chi connectivity index (χ0v) is 9.66. The molecule has 0 atom stereocenters. The van der Waals surface area contributed by atoms with Gasteiger partial charge in [0.05, 0.1) is 7.11 Å². The molecule has 0 saturated heterocycles. The average Bonchev–Trinajstić information content (AvgIpc) is 2.70. The normalized spacial score (nSPS) is 10.5. The standard InChI is InChI=1S/C12H13FN2O2/c1-3-9-11(15-12(14)17-9)8-6-7(13)4-5-10(8)16-2/h4-6H,3H2,1-2H3,(H2,14,15). The van der Waals surface area contributed by atoms with Gasteiger partial charge in [-0.2, -0.15) is 4.98 Å². The van der Waals surface area contributed by atoms with Crippen molar-refractivity contribution in [3.05, 3.63) is 29.8 Å². The monoisotopic (exact) mass is 236 g/mol. The number of nitrogen functional groups attached to an aromatic ring is 1. The summed E-state index contributed by atoms with van der Waals surface area (Å²) in [5.74, 6) is 0.797. The minimum Gasteiger partial charge on any atom is -0.496 e. The Kier molecular flexibility index (Phi) is 2.99. The van der Waals surface area contributed by atoms with Crippen molar-refractivity contribution < 1.29 is 13.5 Å². The molecule has 0 fully saturated rings. The number of hydrogen-bond acceptors (Lipinski definition) is 4. The number of rotatable bonds is 3. The molecule has 0 aliphatic rings. The minimum atomic E-state index is -0.357. The molecule has 2 rings (SSSR count). The van der Waals surface area contributed by atoms with Gasteiger partial charge in [0.15, 0.2) is 0 Å². The summed E-state index contributed by atoms with van der Waals surface area (Å²) >= 11 is 0. The van der Waals surface area contributed by atoms with Crippen LogP contribution >= 0.6 is 0 Å². The minimum absolute atomic E-state index is 0.0724. The number of ether oxygens (including phenoxy) is 1. The molecule has 2 N–H and O–H groups in total. The number of benzene rings is 1. The largest absolute Gasteiger partial charge is 0.496 e. The molecule has 17 heavy (non-hydrogen) atoms. The molecule has 0 unspecified atom stereocenters. The first kappa shape index (κ1) is 11.4. The summed E-state index contributed by atoms with van der Waals surface area (Å²) in [5.41, 5.74) is 6.58. The van der Waals surface area contributed by atoms with Gasteiger partial charge in [0, 0.05) is 12.0 Å². The second kappa shape index (κ2) is 4.45. The zero-order valence-electron chi connectivity index (χ0n) is 9.66. The summed E-state index contributed by atoms with van der Waals surface area (Å²) in [6, 6.07) is 4.31.